The number of anilines is 1. The van der Waals surface area contributed by atoms with Crippen LogP contribution in [0.5, 0.6) is 5.75 Å². The number of carbonyl (C=O) groups excluding carboxylic acids is 1. The molecular weight excluding hydrogens is 409 g/mol. The van der Waals surface area contributed by atoms with Gasteiger partial charge in [-0.2, -0.15) is 13.2 Å². The van der Waals surface area contributed by atoms with Crippen molar-refractivity contribution in [3.05, 3.63) is 95.5 Å². The van der Waals surface area contributed by atoms with E-state index in [0.717, 1.165) is 17.6 Å². The number of hydrogen-bond donors (Lipinski definition) is 2. The van der Waals surface area contributed by atoms with Crippen LogP contribution in [0.4, 0.5) is 23.7 Å². The minimum absolute atomic E-state index is 0.00987. The zero-order valence-electron chi connectivity index (χ0n) is 15.7. The van der Waals surface area contributed by atoms with Crippen LogP contribution in [0.1, 0.15) is 5.56 Å². The second-order valence-electron chi connectivity index (χ2n) is 6.33. The van der Waals surface area contributed by atoms with Crippen LogP contribution in [0.25, 0.3) is 11.0 Å². The molecule has 0 saturated carbocycles. The van der Waals surface area contributed by atoms with E-state index >= 15 is 0 Å². The fourth-order valence-electron chi connectivity index (χ4n) is 2.70. The van der Waals surface area contributed by atoms with Crippen LogP contribution in [-0.4, -0.2) is 16.0 Å². The van der Waals surface area contributed by atoms with Gasteiger partial charge in [0.25, 0.3) is 0 Å². The Hall–Kier alpha value is -4.32. The Balaban J connectivity index is 1.43. The topological polar surface area (TPSA) is 76.1 Å². The van der Waals surface area contributed by atoms with Crippen LogP contribution >= 0.6 is 0 Å². The maximum absolute atomic E-state index is 12.8. The summed E-state index contributed by atoms with van der Waals surface area (Å²) in [6.07, 6.45) is 1.78. The van der Waals surface area contributed by atoms with E-state index in [-0.39, 0.29) is 11.4 Å². The highest BCUT2D eigenvalue weighted by molar-refractivity contribution is 5.90. The van der Waals surface area contributed by atoms with E-state index in [1.165, 1.54) is 18.2 Å². The summed E-state index contributed by atoms with van der Waals surface area (Å²) in [5.74, 6) is 0.882. The molecule has 6 nitrogen and oxygen atoms in total. The molecule has 0 aliphatic heterocycles. The Morgan fingerprint density at radius 2 is 1.74 bits per heavy atom. The largest absolute Gasteiger partial charge is 0.448 e. The summed E-state index contributed by atoms with van der Waals surface area (Å²) >= 11 is 0. The number of halogens is 3. The summed E-state index contributed by atoms with van der Waals surface area (Å²) in [5.41, 5.74) is 6.30. The zero-order valence-corrected chi connectivity index (χ0v) is 15.7. The molecular formula is C22H13F3N4O2. The lowest BCUT2D eigenvalue weighted by Gasteiger charge is -2.11. The molecule has 0 radical (unpaired) electrons. The van der Waals surface area contributed by atoms with Crippen molar-refractivity contribution in [1.29, 1.82) is 0 Å². The van der Waals surface area contributed by atoms with Crippen molar-refractivity contribution in [2.75, 3.05) is 5.32 Å². The molecule has 0 fully saturated rings. The number of allylic oxidation sites excluding steroid dienone is 2. The molecule has 0 bridgehead atoms. The highest BCUT2D eigenvalue weighted by Gasteiger charge is 2.30. The van der Waals surface area contributed by atoms with Crippen LogP contribution in [0.15, 0.2) is 89.9 Å². The number of nitrogens with one attached hydrogen (secondary N) is 2. The third kappa shape index (κ3) is 5.00. The van der Waals surface area contributed by atoms with E-state index in [2.05, 4.69) is 32.1 Å². The van der Waals surface area contributed by atoms with Gasteiger partial charge in [-0.15, -0.1) is 0 Å². The fourth-order valence-corrected chi connectivity index (χ4v) is 2.70. The lowest BCUT2D eigenvalue weighted by Crippen LogP contribution is -2.27. The van der Waals surface area contributed by atoms with Gasteiger partial charge in [-0.3, -0.25) is 9.97 Å². The standard InChI is InChI=1S/C22H13F3N4O2/c23-22(24,25)14-2-1-3-16(12-14)29-21(30)28-15-4-6-17(7-5-15)31-18-8-9-19-20(13-18)27-11-10-26-19/h1-4,6,8-13H,(H2,28,29,30). The van der Waals surface area contributed by atoms with E-state index in [0.29, 0.717) is 17.0 Å². The quantitative estimate of drug-likeness (QED) is 0.584. The van der Waals surface area contributed by atoms with Crippen molar-refractivity contribution in [2.24, 2.45) is 0 Å². The predicted octanol–water partition coefficient (Wildman–Crippen LogP) is 4.94. The summed E-state index contributed by atoms with van der Waals surface area (Å²) in [4.78, 5) is 20.4. The molecule has 0 unspecified atom stereocenters. The van der Waals surface area contributed by atoms with Crippen molar-refractivity contribution < 1.29 is 22.7 Å². The van der Waals surface area contributed by atoms with Gasteiger partial charge < -0.3 is 15.4 Å². The molecule has 0 spiro atoms. The van der Waals surface area contributed by atoms with Crippen LogP contribution < -0.4 is 15.4 Å². The molecule has 4 rings (SSSR count). The third-order valence-corrected chi connectivity index (χ3v) is 4.09. The molecule has 1 aliphatic carbocycles. The van der Waals surface area contributed by atoms with E-state index < -0.39 is 17.8 Å². The van der Waals surface area contributed by atoms with Crippen LogP contribution in [0.2, 0.25) is 0 Å². The van der Waals surface area contributed by atoms with Gasteiger partial charge >= 0.3 is 12.2 Å². The second-order valence-corrected chi connectivity index (χ2v) is 6.33. The van der Waals surface area contributed by atoms with Crippen molar-refractivity contribution in [3.63, 3.8) is 0 Å². The van der Waals surface area contributed by atoms with Gasteiger partial charge in [-0.1, -0.05) is 6.07 Å². The number of alkyl halides is 3. The first-order valence-electron chi connectivity index (χ1n) is 8.95. The molecule has 9 heteroatoms. The normalized spacial score (nSPS) is 12.9. The molecule has 3 aromatic rings. The molecule has 31 heavy (non-hydrogen) atoms. The van der Waals surface area contributed by atoms with Gasteiger partial charge in [0.05, 0.1) is 22.3 Å². The fraction of sp³-hybridized carbons (Fsp3) is 0.0455. The van der Waals surface area contributed by atoms with Crippen molar-refractivity contribution in [3.8, 4) is 5.75 Å². The van der Waals surface area contributed by atoms with Gasteiger partial charge in [0.2, 0.25) is 0 Å². The smallest absolute Gasteiger partial charge is 0.416 e. The Kier molecular flexibility index (Phi) is 5.28. The van der Waals surface area contributed by atoms with Crippen molar-refractivity contribution in [1.82, 2.24) is 15.3 Å². The number of fused-ring (bicyclic) bond motifs is 1. The van der Waals surface area contributed by atoms with Gasteiger partial charge in [0, 0.05) is 24.1 Å². The number of amides is 2. The third-order valence-electron chi connectivity index (χ3n) is 4.09. The predicted molar refractivity (Wildman–Crippen MR) is 107 cm³/mol. The Bertz CT molecular complexity index is 1300. The van der Waals surface area contributed by atoms with E-state index in [1.54, 1.807) is 36.7 Å². The van der Waals surface area contributed by atoms with Crippen LogP contribution in [0, 0.1) is 0 Å². The number of carbonyl (C=O) groups is 1. The molecule has 2 amide bonds. The van der Waals surface area contributed by atoms with E-state index in [1.807, 2.05) is 0 Å². The lowest BCUT2D eigenvalue weighted by molar-refractivity contribution is -0.137. The Morgan fingerprint density at radius 1 is 0.935 bits per heavy atom. The summed E-state index contributed by atoms with van der Waals surface area (Å²) in [5, 5.41) is 4.82. The first-order chi connectivity index (χ1) is 14.9. The van der Waals surface area contributed by atoms with Crippen LogP contribution in [0.3, 0.4) is 0 Å². The van der Waals surface area contributed by atoms with Gasteiger partial charge in [0.15, 0.2) is 5.76 Å². The Labute approximate surface area is 174 Å². The number of rotatable bonds is 4. The molecule has 0 atom stereocenters. The average Bonchev–Trinajstić information content (AvgIpc) is 2.74. The van der Waals surface area contributed by atoms with Gasteiger partial charge in [-0.25, -0.2) is 4.79 Å². The number of nitrogens with zero attached hydrogens (tertiary/aromatic N) is 2. The zero-order chi connectivity index (χ0) is 21.8. The first-order valence-corrected chi connectivity index (χ1v) is 8.95. The number of hydrogen-bond acceptors (Lipinski definition) is 4. The maximum atomic E-state index is 12.8. The molecule has 154 valence electrons. The number of aromatic nitrogens is 2. The van der Waals surface area contributed by atoms with Crippen molar-refractivity contribution >= 4 is 22.8 Å². The molecule has 2 N–H and O–H groups in total. The number of benzene rings is 2. The van der Waals surface area contributed by atoms with Crippen molar-refractivity contribution in [2.45, 2.75) is 6.18 Å². The molecule has 2 aromatic carbocycles. The molecule has 1 aliphatic rings. The summed E-state index contributed by atoms with van der Waals surface area (Å²) in [6, 6.07) is 8.86. The van der Waals surface area contributed by atoms with Gasteiger partial charge in [-0.05, 0) is 53.9 Å². The summed E-state index contributed by atoms with van der Waals surface area (Å²) in [6.45, 7) is 0. The van der Waals surface area contributed by atoms with Gasteiger partial charge in [0.1, 0.15) is 5.75 Å². The molecule has 1 aromatic heterocycles. The number of urea groups is 1. The highest BCUT2D eigenvalue weighted by Crippen LogP contribution is 2.30. The minimum atomic E-state index is -4.50. The van der Waals surface area contributed by atoms with E-state index in [9.17, 15) is 18.0 Å². The SMILES string of the molecule is O=C(NC1=C=C=C(Oc2ccc3nccnc3c2)C=C1)Nc1cccc(C(F)(F)F)c1. The maximum Gasteiger partial charge on any atom is 0.416 e. The minimum Gasteiger partial charge on any atom is -0.448 e. The molecule has 1 heterocycles. The first kappa shape index (κ1) is 20.0. The average molecular weight is 422 g/mol. The Morgan fingerprint density at radius 3 is 2.48 bits per heavy atom. The highest BCUT2D eigenvalue weighted by atomic mass is 19.4. The summed E-state index contributed by atoms with van der Waals surface area (Å²) in [7, 11) is 0. The second kappa shape index (κ2) is 8.20. The monoisotopic (exact) mass is 422 g/mol. The number of ether oxygens (including phenoxy) is 1. The summed E-state index contributed by atoms with van der Waals surface area (Å²) < 4.78 is 44.0. The van der Waals surface area contributed by atoms with Crippen LogP contribution in [-0.2, 0) is 6.18 Å². The van der Waals surface area contributed by atoms with E-state index in [4.69, 9.17) is 4.74 Å². The lowest BCUT2D eigenvalue weighted by atomic mass is 10.2. The molecule has 0 saturated heterocycles.